The summed E-state index contributed by atoms with van der Waals surface area (Å²) in [5.74, 6) is -1.22. The molecule has 158 valence electrons. The van der Waals surface area contributed by atoms with Crippen LogP contribution in [0.5, 0.6) is 0 Å². The Kier molecular flexibility index (Phi) is 6.16. The maximum atomic E-state index is 14.2. The third kappa shape index (κ3) is 4.56. The van der Waals surface area contributed by atoms with Gasteiger partial charge in [-0.3, -0.25) is 19.4 Å². The summed E-state index contributed by atoms with van der Waals surface area (Å²) in [6, 6.07) is 6.49. The van der Waals surface area contributed by atoms with Crippen LogP contribution in [-0.4, -0.2) is 79.4 Å². The van der Waals surface area contributed by atoms with Crippen molar-refractivity contribution in [1.29, 1.82) is 0 Å². The van der Waals surface area contributed by atoms with Gasteiger partial charge in [0.05, 0.1) is 26.2 Å². The van der Waals surface area contributed by atoms with Crippen LogP contribution < -0.4 is 15.1 Å². The van der Waals surface area contributed by atoms with Crippen molar-refractivity contribution in [3.05, 3.63) is 24.3 Å². The van der Waals surface area contributed by atoms with Gasteiger partial charge in [0, 0.05) is 18.3 Å². The van der Waals surface area contributed by atoms with Crippen LogP contribution in [-0.2, 0) is 14.3 Å². The fourth-order valence-corrected chi connectivity index (χ4v) is 3.33. The van der Waals surface area contributed by atoms with E-state index in [9.17, 15) is 23.2 Å². The molecule has 2 aliphatic heterocycles. The molecule has 2 aliphatic rings. The molecule has 0 saturated carbocycles. The number of hydrogen-bond acceptors (Lipinski definition) is 6. The smallest absolute Gasteiger partial charge is 0.414 e. The summed E-state index contributed by atoms with van der Waals surface area (Å²) in [5, 5.41) is 11.4. The summed E-state index contributed by atoms with van der Waals surface area (Å²) in [7, 11) is 0. The van der Waals surface area contributed by atoms with Crippen molar-refractivity contribution in [2.75, 3.05) is 42.6 Å². The standard InChI is InChI=1S/C18H22F2N4O5/c1-11(26)21-6-14-7-23(18(28)29-14)13-4-2-12(3-5-13)22-8-15(19)24(16(20)9-22)17(27)10-25/h2-5,14-16,25H,6-10H2,1H3,(H,21,26)/t14?,15-,16?/m1/s1. The van der Waals surface area contributed by atoms with Crippen molar-refractivity contribution < 1.29 is 33.0 Å². The molecule has 9 nitrogen and oxygen atoms in total. The van der Waals surface area contributed by atoms with E-state index in [0.717, 1.165) is 0 Å². The summed E-state index contributed by atoms with van der Waals surface area (Å²) >= 11 is 0. The lowest BCUT2D eigenvalue weighted by molar-refractivity contribution is -0.150. The van der Waals surface area contributed by atoms with Gasteiger partial charge in [0.2, 0.25) is 5.91 Å². The molecule has 2 fully saturated rings. The summed E-state index contributed by atoms with van der Waals surface area (Å²) in [6.45, 7) is 0.412. The Labute approximate surface area is 165 Å². The molecule has 3 atom stereocenters. The van der Waals surface area contributed by atoms with Crippen molar-refractivity contribution in [3.63, 3.8) is 0 Å². The molecule has 1 aromatic carbocycles. The minimum Gasteiger partial charge on any atom is -0.442 e. The normalized spacial score (nSPS) is 24.5. The molecule has 0 bridgehead atoms. The Morgan fingerprint density at radius 2 is 1.72 bits per heavy atom. The number of piperazine rings is 1. The summed E-state index contributed by atoms with van der Waals surface area (Å²) in [5.41, 5.74) is 1.07. The minimum atomic E-state index is -1.89. The Morgan fingerprint density at radius 3 is 2.28 bits per heavy atom. The zero-order valence-corrected chi connectivity index (χ0v) is 15.8. The maximum Gasteiger partial charge on any atom is 0.414 e. The van der Waals surface area contributed by atoms with Crippen LogP contribution in [0.15, 0.2) is 24.3 Å². The van der Waals surface area contributed by atoms with E-state index in [2.05, 4.69) is 5.32 Å². The molecule has 0 aliphatic carbocycles. The highest BCUT2D eigenvalue weighted by molar-refractivity contribution is 5.90. The number of benzene rings is 1. The number of nitrogens with one attached hydrogen (secondary N) is 1. The highest BCUT2D eigenvalue weighted by atomic mass is 19.2. The second-order valence-electron chi connectivity index (χ2n) is 6.80. The number of cyclic esters (lactones) is 1. The van der Waals surface area contributed by atoms with Gasteiger partial charge in [-0.15, -0.1) is 0 Å². The molecule has 3 rings (SSSR count). The molecule has 0 spiro atoms. The molecule has 3 amide bonds. The van der Waals surface area contributed by atoms with E-state index in [0.29, 0.717) is 16.3 Å². The maximum absolute atomic E-state index is 14.2. The SMILES string of the molecule is CC(=O)NCC1CN(c2ccc(N3CC(F)N(C(=O)CO)[C@@H](F)C3)cc2)C(=O)O1. The second-order valence-corrected chi connectivity index (χ2v) is 6.80. The number of anilines is 2. The number of ether oxygens (including phenoxy) is 1. The topological polar surface area (TPSA) is 102 Å². The van der Waals surface area contributed by atoms with Gasteiger partial charge in [-0.2, -0.15) is 0 Å². The van der Waals surface area contributed by atoms with E-state index in [4.69, 9.17) is 9.84 Å². The summed E-state index contributed by atoms with van der Waals surface area (Å²) in [6.07, 6.45) is -4.79. The molecule has 0 aromatic heterocycles. The minimum absolute atomic E-state index is 0.211. The summed E-state index contributed by atoms with van der Waals surface area (Å²) < 4.78 is 33.7. The van der Waals surface area contributed by atoms with Crippen molar-refractivity contribution in [2.45, 2.75) is 25.6 Å². The van der Waals surface area contributed by atoms with Crippen LogP contribution in [0.4, 0.5) is 25.0 Å². The number of alkyl halides is 2. The van der Waals surface area contributed by atoms with Crippen molar-refractivity contribution in [1.82, 2.24) is 10.2 Å². The first-order valence-corrected chi connectivity index (χ1v) is 9.08. The van der Waals surface area contributed by atoms with Crippen LogP contribution in [0.3, 0.4) is 0 Å². The van der Waals surface area contributed by atoms with Gasteiger partial charge in [0.25, 0.3) is 5.91 Å². The monoisotopic (exact) mass is 412 g/mol. The quantitative estimate of drug-likeness (QED) is 0.678. The van der Waals surface area contributed by atoms with Gasteiger partial charge < -0.3 is 20.1 Å². The lowest BCUT2D eigenvalue weighted by Gasteiger charge is -2.40. The third-order valence-corrected chi connectivity index (χ3v) is 4.75. The molecule has 2 saturated heterocycles. The first-order valence-electron chi connectivity index (χ1n) is 9.08. The number of carbonyl (C=O) groups is 3. The number of nitrogens with zero attached hydrogens (tertiary/aromatic N) is 3. The van der Waals surface area contributed by atoms with Crippen LogP contribution in [0.25, 0.3) is 0 Å². The van der Waals surface area contributed by atoms with Gasteiger partial charge >= 0.3 is 6.09 Å². The number of halogens is 2. The van der Waals surface area contributed by atoms with E-state index in [1.54, 1.807) is 24.3 Å². The highest BCUT2D eigenvalue weighted by Crippen LogP contribution is 2.28. The van der Waals surface area contributed by atoms with Crippen molar-refractivity contribution >= 4 is 29.3 Å². The molecule has 0 radical (unpaired) electrons. The number of rotatable bonds is 5. The van der Waals surface area contributed by atoms with Gasteiger partial charge in [-0.1, -0.05) is 0 Å². The molecule has 1 aromatic rings. The molecule has 11 heteroatoms. The van der Waals surface area contributed by atoms with E-state index in [1.165, 1.54) is 16.7 Å². The van der Waals surface area contributed by atoms with Crippen LogP contribution in [0, 0.1) is 0 Å². The Hall–Kier alpha value is -2.95. The number of aliphatic hydroxyl groups is 1. The lowest BCUT2D eigenvalue weighted by atomic mass is 10.2. The van der Waals surface area contributed by atoms with Crippen molar-refractivity contribution in [3.8, 4) is 0 Å². The zero-order chi connectivity index (χ0) is 21.1. The van der Waals surface area contributed by atoms with E-state index in [1.807, 2.05) is 0 Å². The van der Waals surface area contributed by atoms with E-state index >= 15 is 0 Å². The predicted molar refractivity (Wildman–Crippen MR) is 98.7 cm³/mol. The fraction of sp³-hybridized carbons (Fsp3) is 0.500. The van der Waals surface area contributed by atoms with Crippen molar-refractivity contribution in [2.24, 2.45) is 0 Å². The van der Waals surface area contributed by atoms with Gasteiger partial charge in [0.15, 0.2) is 12.6 Å². The molecular formula is C18H22F2N4O5. The van der Waals surface area contributed by atoms with Gasteiger partial charge in [0.1, 0.15) is 12.7 Å². The van der Waals surface area contributed by atoms with E-state index < -0.39 is 37.3 Å². The van der Waals surface area contributed by atoms with Crippen LogP contribution in [0.1, 0.15) is 6.92 Å². The fourth-order valence-electron chi connectivity index (χ4n) is 3.33. The van der Waals surface area contributed by atoms with Crippen LogP contribution >= 0.6 is 0 Å². The zero-order valence-electron chi connectivity index (χ0n) is 15.8. The molecule has 2 heterocycles. The van der Waals surface area contributed by atoms with Gasteiger partial charge in [-0.25, -0.2) is 13.6 Å². The Balaban J connectivity index is 1.64. The average Bonchev–Trinajstić information content (AvgIpc) is 3.06. The molecule has 2 unspecified atom stereocenters. The average molecular weight is 412 g/mol. The Bertz CT molecular complexity index is 766. The lowest BCUT2D eigenvalue weighted by Crippen LogP contribution is -2.58. The number of amides is 3. The first-order chi connectivity index (χ1) is 13.8. The first kappa shape index (κ1) is 20.8. The number of carbonyl (C=O) groups excluding carboxylic acids is 3. The Morgan fingerprint density at radius 1 is 1.14 bits per heavy atom. The largest absolute Gasteiger partial charge is 0.442 e. The van der Waals surface area contributed by atoms with Gasteiger partial charge in [-0.05, 0) is 24.3 Å². The van der Waals surface area contributed by atoms with E-state index in [-0.39, 0.29) is 32.1 Å². The van der Waals surface area contributed by atoms with Crippen LogP contribution in [0.2, 0.25) is 0 Å². The molecule has 29 heavy (non-hydrogen) atoms. The highest BCUT2D eigenvalue weighted by Gasteiger charge is 2.38. The molecular weight excluding hydrogens is 390 g/mol. The predicted octanol–water partition coefficient (Wildman–Crippen LogP) is 0.380. The molecule has 2 N–H and O–H groups in total. The number of hydrogen-bond donors (Lipinski definition) is 2. The summed E-state index contributed by atoms with van der Waals surface area (Å²) in [4.78, 5) is 37.8. The second kappa shape index (κ2) is 8.60. The third-order valence-electron chi connectivity index (χ3n) is 4.75. The number of aliphatic hydroxyl groups excluding tert-OH is 1.